The summed E-state index contributed by atoms with van der Waals surface area (Å²) in [6, 6.07) is 8.66. The van der Waals surface area contributed by atoms with Gasteiger partial charge in [-0.15, -0.1) is 0 Å². The fraction of sp³-hybridized carbons (Fsp3) is 0.150. The molecule has 1 aromatic heterocycles. The van der Waals surface area contributed by atoms with Gasteiger partial charge < -0.3 is 4.74 Å². The first-order valence-electron chi connectivity index (χ1n) is 8.99. The molecule has 7 nitrogen and oxygen atoms in total. The second-order valence-corrected chi connectivity index (χ2v) is 6.50. The van der Waals surface area contributed by atoms with Crippen LogP contribution in [0.2, 0.25) is 0 Å². The van der Waals surface area contributed by atoms with Gasteiger partial charge in [-0.3, -0.25) is 20.4 Å². The second-order valence-electron chi connectivity index (χ2n) is 6.50. The predicted octanol–water partition coefficient (Wildman–Crippen LogP) is 3.99. The summed E-state index contributed by atoms with van der Waals surface area (Å²) >= 11 is 0. The minimum atomic E-state index is -5.16. The fourth-order valence-corrected chi connectivity index (χ4v) is 2.79. The van der Waals surface area contributed by atoms with E-state index in [9.17, 15) is 35.9 Å². The molecular weight excluding hydrogens is 458 g/mol. The summed E-state index contributed by atoms with van der Waals surface area (Å²) in [5.74, 6) is -1.75. The lowest BCUT2D eigenvalue weighted by Crippen LogP contribution is -2.42. The first-order valence-corrected chi connectivity index (χ1v) is 8.99. The van der Waals surface area contributed by atoms with Crippen molar-refractivity contribution in [3.05, 3.63) is 77.1 Å². The third kappa shape index (κ3) is 5.25. The molecule has 0 saturated carbocycles. The summed E-state index contributed by atoms with van der Waals surface area (Å²) in [5.41, 5.74) is -0.497. The summed E-state index contributed by atoms with van der Waals surface area (Å²) in [6.07, 6.45) is -9.41. The van der Waals surface area contributed by atoms with Gasteiger partial charge in [0.05, 0.1) is 30.1 Å². The van der Waals surface area contributed by atoms with Crippen molar-refractivity contribution in [3.8, 4) is 11.4 Å². The van der Waals surface area contributed by atoms with Gasteiger partial charge >= 0.3 is 12.4 Å². The van der Waals surface area contributed by atoms with E-state index < -0.39 is 46.7 Å². The molecular formula is C20H14F6N4O3. The van der Waals surface area contributed by atoms with Crippen molar-refractivity contribution in [2.24, 2.45) is 0 Å². The Morgan fingerprint density at radius 1 is 0.909 bits per heavy atom. The molecule has 0 bridgehead atoms. The lowest BCUT2D eigenvalue weighted by molar-refractivity contribution is -0.143. The monoisotopic (exact) mass is 472 g/mol. The van der Waals surface area contributed by atoms with Gasteiger partial charge in [0.25, 0.3) is 11.8 Å². The van der Waals surface area contributed by atoms with Crippen LogP contribution in [0.1, 0.15) is 32.0 Å². The van der Waals surface area contributed by atoms with Crippen LogP contribution >= 0.6 is 0 Å². The molecule has 0 radical (unpaired) electrons. The zero-order valence-electron chi connectivity index (χ0n) is 16.6. The van der Waals surface area contributed by atoms with Crippen LogP contribution in [0, 0.1) is 0 Å². The van der Waals surface area contributed by atoms with Crippen molar-refractivity contribution in [2.75, 3.05) is 7.11 Å². The summed E-state index contributed by atoms with van der Waals surface area (Å²) in [6.45, 7) is 0. The number of carbonyl (C=O) groups excluding carboxylic acids is 2. The molecule has 0 saturated heterocycles. The summed E-state index contributed by atoms with van der Waals surface area (Å²) in [5, 5.41) is 3.44. The number of alkyl halides is 6. The maximum absolute atomic E-state index is 13.7. The minimum absolute atomic E-state index is 0.0757. The van der Waals surface area contributed by atoms with Gasteiger partial charge in [0.1, 0.15) is 5.75 Å². The zero-order chi connectivity index (χ0) is 24.4. The molecule has 2 aromatic carbocycles. The maximum Gasteiger partial charge on any atom is 0.434 e. The van der Waals surface area contributed by atoms with E-state index >= 15 is 0 Å². The molecule has 33 heavy (non-hydrogen) atoms. The van der Waals surface area contributed by atoms with Gasteiger partial charge in [-0.2, -0.15) is 31.4 Å². The number of methoxy groups -OCH3 is 1. The number of carbonyl (C=O) groups is 2. The SMILES string of the molecule is COc1ccc(C(=O)NNC(=O)c2cnn(-c3cccc(C(F)(F)F)c3)c2C(F)(F)F)cc1. The molecule has 174 valence electrons. The van der Waals surface area contributed by atoms with Crippen LogP contribution in [0.4, 0.5) is 26.3 Å². The van der Waals surface area contributed by atoms with Gasteiger partial charge in [0.2, 0.25) is 0 Å². The Hall–Kier alpha value is -4.03. The number of aromatic nitrogens is 2. The molecule has 3 rings (SSSR count). The third-order valence-corrected chi connectivity index (χ3v) is 4.34. The van der Waals surface area contributed by atoms with Crippen LogP contribution in [0.5, 0.6) is 5.75 Å². The number of hydrazine groups is 1. The predicted molar refractivity (Wildman–Crippen MR) is 101 cm³/mol. The van der Waals surface area contributed by atoms with Crippen molar-refractivity contribution in [2.45, 2.75) is 12.4 Å². The number of nitrogens with zero attached hydrogens (tertiary/aromatic N) is 2. The molecule has 0 aliphatic rings. The molecule has 0 unspecified atom stereocenters. The number of amides is 2. The minimum Gasteiger partial charge on any atom is -0.497 e. The Balaban J connectivity index is 1.87. The van der Waals surface area contributed by atoms with Crippen molar-refractivity contribution in [3.63, 3.8) is 0 Å². The van der Waals surface area contributed by atoms with E-state index in [0.29, 0.717) is 24.1 Å². The van der Waals surface area contributed by atoms with Crippen molar-refractivity contribution >= 4 is 11.8 Å². The molecule has 1 heterocycles. The van der Waals surface area contributed by atoms with E-state index in [4.69, 9.17) is 4.74 Å². The smallest absolute Gasteiger partial charge is 0.434 e. The van der Waals surface area contributed by atoms with Crippen LogP contribution < -0.4 is 15.6 Å². The third-order valence-electron chi connectivity index (χ3n) is 4.34. The molecule has 13 heteroatoms. The normalized spacial score (nSPS) is 11.7. The van der Waals surface area contributed by atoms with Crippen LogP contribution in [-0.4, -0.2) is 28.7 Å². The Bertz CT molecular complexity index is 1170. The van der Waals surface area contributed by atoms with E-state index in [1.54, 1.807) is 0 Å². The fourth-order valence-electron chi connectivity index (χ4n) is 2.79. The summed E-state index contributed by atoms with van der Waals surface area (Å²) < 4.78 is 85.0. The van der Waals surface area contributed by atoms with Crippen LogP contribution in [-0.2, 0) is 12.4 Å². The highest BCUT2D eigenvalue weighted by molar-refractivity contribution is 5.99. The van der Waals surface area contributed by atoms with Gasteiger partial charge in [0, 0.05) is 5.56 Å². The van der Waals surface area contributed by atoms with Crippen molar-refractivity contribution in [1.29, 1.82) is 0 Å². The van der Waals surface area contributed by atoms with Gasteiger partial charge in [-0.1, -0.05) is 6.07 Å². The summed E-state index contributed by atoms with van der Waals surface area (Å²) in [4.78, 5) is 24.4. The molecule has 0 spiro atoms. The molecule has 3 aromatic rings. The number of benzene rings is 2. The van der Waals surface area contributed by atoms with E-state index in [-0.39, 0.29) is 10.2 Å². The molecule has 0 aliphatic heterocycles. The number of nitrogens with one attached hydrogen (secondary N) is 2. The Morgan fingerprint density at radius 2 is 1.55 bits per heavy atom. The first-order chi connectivity index (χ1) is 15.4. The lowest BCUT2D eigenvalue weighted by atomic mass is 10.1. The number of ether oxygens (including phenoxy) is 1. The molecule has 2 amide bonds. The molecule has 2 N–H and O–H groups in total. The average Bonchev–Trinajstić information content (AvgIpc) is 3.23. The van der Waals surface area contributed by atoms with Gasteiger partial charge in [-0.25, -0.2) is 4.68 Å². The number of rotatable bonds is 4. The highest BCUT2D eigenvalue weighted by Gasteiger charge is 2.41. The van der Waals surface area contributed by atoms with Crippen LogP contribution in [0.25, 0.3) is 5.69 Å². The van der Waals surface area contributed by atoms with Crippen molar-refractivity contribution in [1.82, 2.24) is 20.6 Å². The van der Waals surface area contributed by atoms with Crippen LogP contribution in [0.3, 0.4) is 0 Å². The number of hydrogen-bond acceptors (Lipinski definition) is 4. The lowest BCUT2D eigenvalue weighted by Gasteiger charge is -2.14. The number of halogens is 6. The highest BCUT2D eigenvalue weighted by Crippen LogP contribution is 2.35. The van der Waals surface area contributed by atoms with Gasteiger partial charge in [-0.05, 0) is 42.5 Å². The van der Waals surface area contributed by atoms with Crippen LogP contribution in [0.15, 0.2) is 54.7 Å². The van der Waals surface area contributed by atoms with E-state index in [1.165, 1.54) is 31.4 Å². The topological polar surface area (TPSA) is 85.2 Å². The average molecular weight is 472 g/mol. The van der Waals surface area contributed by atoms with Gasteiger partial charge in [0.15, 0.2) is 5.69 Å². The molecule has 0 aliphatic carbocycles. The number of hydrogen-bond donors (Lipinski definition) is 2. The maximum atomic E-state index is 13.7. The summed E-state index contributed by atoms with van der Waals surface area (Å²) in [7, 11) is 1.41. The first kappa shape index (κ1) is 23.6. The van der Waals surface area contributed by atoms with E-state index in [0.717, 1.165) is 12.1 Å². The quantitative estimate of drug-likeness (QED) is 0.444. The van der Waals surface area contributed by atoms with E-state index in [2.05, 4.69) is 5.10 Å². The Morgan fingerprint density at radius 3 is 2.12 bits per heavy atom. The van der Waals surface area contributed by atoms with Crippen molar-refractivity contribution < 1.29 is 40.7 Å². The van der Waals surface area contributed by atoms with E-state index in [1.807, 2.05) is 10.9 Å². The second kappa shape index (κ2) is 8.84. The standard InChI is InChI=1S/C20H14F6N4O3/c1-33-14-7-5-11(6-8-14)17(31)28-29-18(32)15-10-27-30(16(15)20(24,25)26)13-4-2-3-12(9-13)19(21,22)23/h2-10H,1H3,(H,28,31)(H,29,32). The molecule has 0 atom stereocenters. The largest absolute Gasteiger partial charge is 0.497 e. The molecule has 0 fully saturated rings. The Kier molecular flexibility index (Phi) is 6.33. The Labute approximate surface area is 181 Å². The zero-order valence-corrected chi connectivity index (χ0v) is 16.6. The highest BCUT2D eigenvalue weighted by atomic mass is 19.4.